The second-order valence-electron chi connectivity index (χ2n) is 7.18. The van der Waals surface area contributed by atoms with Gasteiger partial charge in [-0.15, -0.1) is 0 Å². The summed E-state index contributed by atoms with van der Waals surface area (Å²) < 4.78 is 43.9. The molecule has 164 valence electrons. The van der Waals surface area contributed by atoms with Crippen molar-refractivity contribution in [3.8, 4) is 6.07 Å². The Bertz CT molecular complexity index is 505. The molecule has 2 atom stereocenters. The van der Waals surface area contributed by atoms with Crippen molar-refractivity contribution in [1.29, 1.82) is 5.26 Å². The van der Waals surface area contributed by atoms with Gasteiger partial charge in [0.25, 0.3) is 0 Å². The molecule has 4 N–H and O–H groups in total. The van der Waals surface area contributed by atoms with E-state index in [9.17, 15) is 18.0 Å². The fourth-order valence-electron chi connectivity index (χ4n) is 3.56. The predicted octanol–water partition coefficient (Wildman–Crippen LogP) is 3.54. The highest BCUT2D eigenvalue weighted by atomic mass is 31.2. The van der Waals surface area contributed by atoms with Gasteiger partial charge in [0.1, 0.15) is 0 Å². The van der Waals surface area contributed by atoms with Crippen LogP contribution in [-0.2, 0) is 9.32 Å². The number of amides is 1. The molecule has 11 heteroatoms. The van der Waals surface area contributed by atoms with Gasteiger partial charge >= 0.3 is 12.1 Å². The Labute approximate surface area is 166 Å². The lowest BCUT2D eigenvalue weighted by Gasteiger charge is -2.49. The number of carbonyl (C=O) groups excluding carboxylic acids is 1. The molecule has 0 spiro atoms. The first-order valence-electron chi connectivity index (χ1n) is 9.28. The van der Waals surface area contributed by atoms with Crippen molar-refractivity contribution in [3.63, 3.8) is 0 Å². The van der Waals surface area contributed by atoms with Crippen molar-refractivity contribution in [2.24, 2.45) is 5.50 Å². The zero-order valence-electron chi connectivity index (χ0n) is 16.9. The number of hydrogen-bond acceptors (Lipinski definition) is 6. The third-order valence-corrected chi connectivity index (χ3v) is 4.77. The SMILES string of the molecule is CC(C)N(C(C)C)C(CCC#N)(CCCCCOP(N)O)NC(=O)C(F)(F)F. The van der Waals surface area contributed by atoms with Crippen LogP contribution in [-0.4, -0.2) is 46.2 Å². The molecule has 0 fully saturated rings. The second kappa shape index (κ2) is 12.6. The minimum absolute atomic E-state index is 0.0131. The number of nitrogens with zero attached hydrogens (tertiary/aromatic N) is 2. The third kappa shape index (κ3) is 9.48. The smallest absolute Gasteiger partial charge is 0.338 e. The van der Waals surface area contributed by atoms with E-state index in [4.69, 9.17) is 20.2 Å². The lowest BCUT2D eigenvalue weighted by molar-refractivity contribution is -0.180. The Hall–Kier alpha value is -0.980. The normalized spacial score (nSPS) is 15.5. The molecule has 0 aliphatic rings. The predicted molar refractivity (Wildman–Crippen MR) is 102 cm³/mol. The lowest BCUT2D eigenvalue weighted by Crippen LogP contribution is -2.66. The summed E-state index contributed by atoms with van der Waals surface area (Å²) in [6, 6.07) is 1.68. The van der Waals surface area contributed by atoms with Crippen molar-refractivity contribution >= 4 is 14.4 Å². The van der Waals surface area contributed by atoms with Crippen molar-refractivity contribution in [3.05, 3.63) is 0 Å². The van der Waals surface area contributed by atoms with Crippen LogP contribution in [0.3, 0.4) is 0 Å². The maximum atomic E-state index is 13.0. The molecule has 0 aliphatic carbocycles. The summed E-state index contributed by atoms with van der Waals surface area (Å²) in [6.07, 6.45) is -2.96. The first-order valence-corrected chi connectivity index (χ1v) is 10.6. The average Bonchev–Trinajstić information content (AvgIpc) is 2.54. The standard InChI is InChI=1S/C17H32F3N4O3P/c1-13(2)24(14(3)4)16(10-8-11-21,23-15(25)17(18,19)20)9-6-5-7-12-27-28(22)26/h13-14,26H,5-10,12,22H2,1-4H3,(H,23,25). The second-order valence-corrected chi connectivity index (χ2v) is 8.05. The van der Waals surface area contributed by atoms with Gasteiger partial charge < -0.3 is 14.7 Å². The fourth-order valence-corrected chi connectivity index (χ4v) is 3.87. The van der Waals surface area contributed by atoms with Gasteiger partial charge in [-0.3, -0.25) is 15.2 Å². The Morgan fingerprint density at radius 1 is 1.21 bits per heavy atom. The van der Waals surface area contributed by atoms with Gasteiger partial charge in [-0.2, -0.15) is 18.4 Å². The Morgan fingerprint density at radius 3 is 2.21 bits per heavy atom. The summed E-state index contributed by atoms with van der Waals surface area (Å²) in [4.78, 5) is 22.6. The molecule has 0 radical (unpaired) electrons. The van der Waals surface area contributed by atoms with Crippen molar-refractivity contribution < 1.29 is 27.4 Å². The molecular formula is C17H32F3N4O3P. The molecule has 0 heterocycles. The summed E-state index contributed by atoms with van der Waals surface area (Å²) in [5.74, 6) is -2.01. The Balaban J connectivity index is 5.52. The quantitative estimate of drug-likeness (QED) is 0.235. The van der Waals surface area contributed by atoms with Crippen LogP contribution in [0.25, 0.3) is 0 Å². The molecule has 2 unspecified atom stereocenters. The highest BCUT2D eigenvalue weighted by Crippen LogP contribution is 2.32. The van der Waals surface area contributed by atoms with Gasteiger partial charge in [-0.1, -0.05) is 6.42 Å². The number of carbonyl (C=O) groups is 1. The molecule has 0 aromatic carbocycles. The molecule has 0 rings (SSSR count). The van der Waals surface area contributed by atoms with E-state index in [2.05, 4.69) is 5.32 Å². The highest BCUT2D eigenvalue weighted by Gasteiger charge is 2.47. The summed E-state index contributed by atoms with van der Waals surface area (Å²) in [5, 5.41) is 11.2. The molecule has 28 heavy (non-hydrogen) atoms. The van der Waals surface area contributed by atoms with Gasteiger partial charge in [0.15, 0.2) is 0 Å². The molecule has 1 amide bonds. The van der Waals surface area contributed by atoms with Crippen LogP contribution in [0.1, 0.15) is 66.2 Å². The average molecular weight is 428 g/mol. The van der Waals surface area contributed by atoms with E-state index in [-0.39, 0.29) is 38.0 Å². The van der Waals surface area contributed by atoms with Gasteiger partial charge in [0.2, 0.25) is 8.53 Å². The minimum atomic E-state index is -5.01. The Morgan fingerprint density at radius 2 is 1.79 bits per heavy atom. The van der Waals surface area contributed by atoms with E-state index in [1.807, 2.05) is 38.7 Å². The summed E-state index contributed by atoms with van der Waals surface area (Å²) in [7, 11) is -1.93. The highest BCUT2D eigenvalue weighted by molar-refractivity contribution is 7.43. The molecule has 0 aromatic heterocycles. The largest absolute Gasteiger partial charge is 0.471 e. The molecule has 7 nitrogen and oxygen atoms in total. The van der Waals surface area contributed by atoms with Gasteiger partial charge in [0, 0.05) is 18.5 Å². The van der Waals surface area contributed by atoms with E-state index in [1.54, 1.807) is 0 Å². The zero-order valence-corrected chi connectivity index (χ0v) is 17.8. The number of hydrogen-bond donors (Lipinski definition) is 3. The molecule has 0 bridgehead atoms. The van der Waals surface area contributed by atoms with Gasteiger partial charge in [0.05, 0.1) is 18.3 Å². The van der Waals surface area contributed by atoms with E-state index in [1.165, 1.54) is 0 Å². The maximum Gasteiger partial charge on any atom is 0.471 e. The third-order valence-electron chi connectivity index (χ3n) is 4.32. The van der Waals surface area contributed by atoms with Crippen LogP contribution in [0, 0.1) is 11.3 Å². The van der Waals surface area contributed by atoms with E-state index in [0.29, 0.717) is 19.3 Å². The van der Waals surface area contributed by atoms with E-state index < -0.39 is 26.3 Å². The fraction of sp³-hybridized carbons (Fsp3) is 0.882. The first kappa shape index (κ1) is 27.0. The van der Waals surface area contributed by atoms with Crippen LogP contribution in [0.5, 0.6) is 0 Å². The number of nitriles is 1. The number of nitrogens with two attached hydrogens (primary N) is 1. The van der Waals surface area contributed by atoms with Gasteiger partial charge in [-0.25, -0.2) is 0 Å². The number of alkyl halides is 3. The molecule has 0 aromatic rings. The van der Waals surface area contributed by atoms with Crippen molar-refractivity contribution in [1.82, 2.24) is 10.2 Å². The van der Waals surface area contributed by atoms with Crippen LogP contribution in [0.2, 0.25) is 0 Å². The number of unbranched alkanes of at least 4 members (excludes halogenated alkanes) is 2. The van der Waals surface area contributed by atoms with Crippen LogP contribution in [0.15, 0.2) is 0 Å². The molecule has 0 saturated heterocycles. The van der Waals surface area contributed by atoms with Crippen molar-refractivity contribution in [2.45, 2.75) is 90.1 Å². The topological polar surface area (TPSA) is 112 Å². The zero-order chi connectivity index (χ0) is 22.0. The maximum absolute atomic E-state index is 13.0. The van der Waals surface area contributed by atoms with Crippen molar-refractivity contribution in [2.75, 3.05) is 6.61 Å². The molecule has 0 saturated carbocycles. The summed E-state index contributed by atoms with van der Waals surface area (Å²) >= 11 is 0. The van der Waals surface area contributed by atoms with Gasteiger partial charge in [-0.05, 0) is 53.4 Å². The summed E-state index contributed by atoms with van der Waals surface area (Å²) in [6.45, 7) is 7.63. The first-order chi connectivity index (χ1) is 12.9. The Kier molecular flexibility index (Phi) is 12.1. The molecule has 0 aliphatic heterocycles. The minimum Gasteiger partial charge on any atom is -0.338 e. The van der Waals surface area contributed by atoms with E-state index >= 15 is 0 Å². The van der Waals surface area contributed by atoms with Crippen LogP contribution >= 0.6 is 8.53 Å². The number of halogens is 3. The van der Waals surface area contributed by atoms with Crippen LogP contribution < -0.4 is 10.8 Å². The number of rotatable bonds is 13. The van der Waals surface area contributed by atoms with Crippen LogP contribution in [0.4, 0.5) is 13.2 Å². The van der Waals surface area contributed by atoms with E-state index in [0.717, 1.165) is 0 Å². The monoisotopic (exact) mass is 428 g/mol. The lowest BCUT2D eigenvalue weighted by atomic mass is 9.91. The molecular weight excluding hydrogens is 396 g/mol. The summed E-state index contributed by atoms with van der Waals surface area (Å²) in [5.41, 5.74) is 3.85. The number of nitrogens with one attached hydrogen (secondary N) is 1.